The van der Waals surface area contributed by atoms with Gasteiger partial charge in [0, 0.05) is 9.75 Å². The van der Waals surface area contributed by atoms with Crippen LogP contribution in [0.25, 0.3) is 12.2 Å². The van der Waals surface area contributed by atoms with Crippen LogP contribution in [0, 0.1) is 0 Å². The number of hydrogen-bond donors (Lipinski definition) is 0. The molecule has 1 aromatic heterocycles. The molecule has 0 N–H and O–H groups in total. The highest BCUT2D eigenvalue weighted by molar-refractivity contribution is 7.12. The van der Waals surface area contributed by atoms with E-state index in [0.29, 0.717) is 0 Å². The van der Waals surface area contributed by atoms with Crippen molar-refractivity contribution in [2.24, 2.45) is 0 Å². The van der Waals surface area contributed by atoms with Crippen molar-refractivity contribution in [2.45, 2.75) is 52.4 Å². The molecule has 1 rings (SSSR count). The Morgan fingerprint density at radius 1 is 0.765 bits per heavy atom. The molecule has 0 amide bonds. The highest BCUT2D eigenvalue weighted by atomic mass is 32.1. The molecule has 0 saturated heterocycles. The summed E-state index contributed by atoms with van der Waals surface area (Å²) in [6.07, 6.45) is 3.95. The van der Waals surface area contributed by atoms with Crippen LogP contribution in [-0.2, 0) is 10.8 Å². The predicted octanol–water partition coefficient (Wildman–Crippen LogP) is 5.63. The molecule has 0 saturated carbocycles. The molecule has 0 aliphatic heterocycles. The molecule has 0 nitrogen and oxygen atoms in total. The maximum Gasteiger partial charge on any atom is 0.0180 e. The first kappa shape index (κ1) is 14.2. The maximum absolute atomic E-state index is 3.97. The molecule has 0 radical (unpaired) electrons. The second kappa shape index (κ2) is 4.45. The molecule has 0 unspecified atom stereocenters. The Kier molecular flexibility index (Phi) is 3.73. The van der Waals surface area contributed by atoms with Crippen LogP contribution in [0.1, 0.15) is 62.4 Å². The average molecular weight is 248 g/mol. The van der Waals surface area contributed by atoms with E-state index in [2.05, 4.69) is 54.7 Å². The Balaban J connectivity index is 3.62. The standard InChI is InChI=1S/C16H24S/c1-9-11-12(10-2)14(16(6,7)8)17-13(11)15(3,4)5/h9-10H,1-2H2,3-8H3. The molecule has 17 heavy (non-hydrogen) atoms. The summed E-state index contributed by atoms with van der Waals surface area (Å²) in [6.45, 7) is 21.5. The van der Waals surface area contributed by atoms with Crippen molar-refractivity contribution in [3.63, 3.8) is 0 Å². The second-order valence-corrected chi connectivity index (χ2v) is 7.52. The van der Waals surface area contributed by atoms with Crippen molar-refractivity contribution in [1.82, 2.24) is 0 Å². The Morgan fingerprint density at radius 3 is 1.24 bits per heavy atom. The van der Waals surface area contributed by atoms with Crippen LogP contribution in [0.3, 0.4) is 0 Å². The number of rotatable bonds is 2. The normalized spacial score (nSPS) is 12.6. The molecule has 0 spiro atoms. The minimum atomic E-state index is 0.162. The van der Waals surface area contributed by atoms with Gasteiger partial charge >= 0.3 is 0 Å². The highest BCUT2D eigenvalue weighted by Crippen LogP contribution is 2.43. The average Bonchev–Trinajstić information content (AvgIpc) is 2.54. The minimum absolute atomic E-state index is 0.162. The quantitative estimate of drug-likeness (QED) is 0.636. The summed E-state index contributed by atoms with van der Waals surface area (Å²) in [5, 5.41) is 0. The van der Waals surface area contributed by atoms with Crippen molar-refractivity contribution in [1.29, 1.82) is 0 Å². The van der Waals surface area contributed by atoms with Crippen molar-refractivity contribution in [2.75, 3.05) is 0 Å². The summed E-state index contributed by atoms with van der Waals surface area (Å²) in [5.74, 6) is 0. The van der Waals surface area contributed by atoms with E-state index in [1.807, 2.05) is 23.5 Å². The van der Waals surface area contributed by atoms with Crippen LogP contribution in [-0.4, -0.2) is 0 Å². The first-order valence-corrected chi connectivity index (χ1v) is 6.87. The van der Waals surface area contributed by atoms with Gasteiger partial charge in [0.05, 0.1) is 0 Å². The van der Waals surface area contributed by atoms with Crippen molar-refractivity contribution < 1.29 is 0 Å². The van der Waals surface area contributed by atoms with Gasteiger partial charge < -0.3 is 0 Å². The lowest BCUT2D eigenvalue weighted by Crippen LogP contribution is -2.10. The zero-order valence-electron chi connectivity index (χ0n) is 12.0. The minimum Gasteiger partial charge on any atom is -0.143 e. The van der Waals surface area contributed by atoms with E-state index in [-0.39, 0.29) is 10.8 Å². The van der Waals surface area contributed by atoms with E-state index in [1.54, 1.807) is 0 Å². The first-order valence-electron chi connectivity index (χ1n) is 6.05. The van der Waals surface area contributed by atoms with Crippen LogP contribution in [0.4, 0.5) is 0 Å². The van der Waals surface area contributed by atoms with E-state index in [1.165, 1.54) is 20.9 Å². The summed E-state index contributed by atoms with van der Waals surface area (Å²) in [6, 6.07) is 0. The molecule has 0 aliphatic rings. The Labute approximate surface area is 110 Å². The molecule has 0 bridgehead atoms. The van der Waals surface area contributed by atoms with Gasteiger partial charge in [-0.1, -0.05) is 66.9 Å². The molecule has 1 heterocycles. The van der Waals surface area contributed by atoms with Gasteiger partial charge in [0.2, 0.25) is 0 Å². The lowest BCUT2D eigenvalue weighted by Gasteiger charge is -2.19. The van der Waals surface area contributed by atoms with E-state index in [9.17, 15) is 0 Å². The summed E-state index contributed by atoms with van der Waals surface area (Å²) >= 11 is 1.91. The maximum atomic E-state index is 3.97. The van der Waals surface area contributed by atoms with E-state index in [4.69, 9.17) is 0 Å². The lowest BCUT2D eigenvalue weighted by atomic mass is 9.86. The van der Waals surface area contributed by atoms with Crippen molar-refractivity contribution >= 4 is 23.5 Å². The fourth-order valence-electron chi connectivity index (χ4n) is 1.98. The van der Waals surface area contributed by atoms with E-state index >= 15 is 0 Å². The van der Waals surface area contributed by atoms with Crippen LogP contribution in [0.5, 0.6) is 0 Å². The van der Waals surface area contributed by atoms with Gasteiger partial charge in [0.25, 0.3) is 0 Å². The SMILES string of the molecule is C=Cc1c(C(C)(C)C)sc(C(C)(C)C)c1C=C. The third kappa shape index (κ3) is 2.71. The van der Waals surface area contributed by atoms with E-state index < -0.39 is 0 Å². The topological polar surface area (TPSA) is 0 Å². The van der Waals surface area contributed by atoms with E-state index in [0.717, 1.165) is 0 Å². The van der Waals surface area contributed by atoms with Crippen LogP contribution in [0.2, 0.25) is 0 Å². The summed E-state index contributed by atoms with van der Waals surface area (Å²) in [4.78, 5) is 2.82. The van der Waals surface area contributed by atoms with Crippen LogP contribution >= 0.6 is 11.3 Å². The zero-order chi connectivity index (χ0) is 13.4. The molecule has 0 atom stereocenters. The third-order valence-corrected chi connectivity index (χ3v) is 4.83. The van der Waals surface area contributed by atoms with Gasteiger partial charge in [0.15, 0.2) is 0 Å². The second-order valence-electron chi connectivity index (χ2n) is 6.50. The Bertz CT molecular complexity index is 393. The third-order valence-electron chi connectivity index (χ3n) is 2.75. The van der Waals surface area contributed by atoms with Crippen molar-refractivity contribution in [3.05, 3.63) is 34.0 Å². The summed E-state index contributed by atoms with van der Waals surface area (Å²) in [7, 11) is 0. The number of hydrogen-bond acceptors (Lipinski definition) is 1. The molecular weight excluding hydrogens is 224 g/mol. The zero-order valence-corrected chi connectivity index (χ0v) is 12.8. The predicted molar refractivity (Wildman–Crippen MR) is 81.9 cm³/mol. The highest BCUT2D eigenvalue weighted by Gasteiger charge is 2.28. The fourth-order valence-corrected chi connectivity index (χ4v) is 3.40. The molecule has 0 aliphatic carbocycles. The van der Waals surface area contributed by atoms with Gasteiger partial charge in [-0.05, 0) is 22.0 Å². The van der Waals surface area contributed by atoms with Gasteiger partial charge in [-0.3, -0.25) is 0 Å². The monoisotopic (exact) mass is 248 g/mol. The molecule has 0 aromatic carbocycles. The molecule has 0 fully saturated rings. The molecular formula is C16H24S. The largest absolute Gasteiger partial charge is 0.143 e. The number of thiophene rings is 1. The molecule has 94 valence electrons. The molecule has 1 heteroatoms. The summed E-state index contributed by atoms with van der Waals surface area (Å²) in [5.41, 5.74) is 2.86. The van der Waals surface area contributed by atoms with Gasteiger partial charge in [-0.15, -0.1) is 11.3 Å². The Morgan fingerprint density at radius 2 is 1.06 bits per heavy atom. The lowest BCUT2D eigenvalue weighted by molar-refractivity contribution is 0.601. The summed E-state index contributed by atoms with van der Waals surface area (Å²) < 4.78 is 0. The van der Waals surface area contributed by atoms with Gasteiger partial charge in [-0.25, -0.2) is 0 Å². The van der Waals surface area contributed by atoms with Crippen LogP contribution < -0.4 is 0 Å². The van der Waals surface area contributed by atoms with Gasteiger partial charge in [0.1, 0.15) is 0 Å². The van der Waals surface area contributed by atoms with Crippen LogP contribution in [0.15, 0.2) is 13.2 Å². The Hall–Kier alpha value is -0.820. The fraction of sp³-hybridized carbons (Fsp3) is 0.500. The first-order chi connectivity index (χ1) is 7.62. The van der Waals surface area contributed by atoms with Gasteiger partial charge in [-0.2, -0.15) is 0 Å². The van der Waals surface area contributed by atoms with Crippen molar-refractivity contribution in [3.8, 4) is 0 Å². The molecule has 1 aromatic rings. The smallest absolute Gasteiger partial charge is 0.0180 e.